The van der Waals surface area contributed by atoms with Gasteiger partial charge in [0.05, 0.1) is 6.04 Å². The second kappa shape index (κ2) is 8.68. The molecule has 0 aromatic carbocycles. The highest BCUT2D eigenvalue weighted by atomic mass is 16.1. The van der Waals surface area contributed by atoms with E-state index in [-0.39, 0.29) is 6.04 Å². The van der Waals surface area contributed by atoms with Crippen LogP contribution in [0.5, 0.6) is 0 Å². The van der Waals surface area contributed by atoms with Gasteiger partial charge in [-0.15, -0.1) is 0 Å². The van der Waals surface area contributed by atoms with Gasteiger partial charge >= 0.3 is 0 Å². The van der Waals surface area contributed by atoms with Gasteiger partial charge in [-0.3, -0.25) is 0 Å². The number of aldehydes is 1. The van der Waals surface area contributed by atoms with Crippen molar-refractivity contribution in [3.05, 3.63) is 0 Å². The molecule has 3 N–H and O–H groups in total. The summed E-state index contributed by atoms with van der Waals surface area (Å²) in [7, 11) is 0. The number of nitrogens with two attached hydrogens (primary N) is 1. The molecule has 0 aliphatic carbocycles. The molecule has 0 heterocycles. The minimum absolute atomic E-state index is 0.254. The Morgan fingerprint density at radius 2 is 2.17 bits per heavy atom. The summed E-state index contributed by atoms with van der Waals surface area (Å²) in [5, 5.41) is 3.30. The van der Waals surface area contributed by atoms with E-state index in [0.29, 0.717) is 0 Å². The molecule has 0 aromatic rings. The normalized spacial score (nSPS) is 12.8. The van der Waals surface area contributed by atoms with Crippen molar-refractivity contribution in [1.82, 2.24) is 5.32 Å². The summed E-state index contributed by atoms with van der Waals surface area (Å²) >= 11 is 0. The molecule has 1 atom stereocenters. The molecule has 1 unspecified atom stereocenters. The first kappa shape index (κ1) is 11.6. The summed E-state index contributed by atoms with van der Waals surface area (Å²) in [6.07, 6.45) is 4.96. The smallest absolute Gasteiger partial charge is 0.136 e. The van der Waals surface area contributed by atoms with E-state index in [9.17, 15) is 4.79 Å². The quantitative estimate of drug-likeness (QED) is 0.418. The Morgan fingerprint density at radius 1 is 1.42 bits per heavy atom. The van der Waals surface area contributed by atoms with Crippen LogP contribution in [0.3, 0.4) is 0 Å². The number of carbonyl (C=O) groups is 1. The first-order valence-electron chi connectivity index (χ1n) is 4.72. The predicted molar refractivity (Wildman–Crippen MR) is 51.1 cm³/mol. The number of carbonyl (C=O) groups excluding carboxylic acids is 1. The van der Waals surface area contributed by atoms with Crippen molar-refractivity contribution in [3.8, 4) is 0 Å². The average molecular weight is 172 g/mol. The standard InChI is InChI=1S/C9H20N2O/c1-2-6-11-7-4-3-5-9(10)8-12/h8-9,11H,2-7,10H2,1H3. The van der Waals surface area contributed by atoms with Crippen LogP contribution in [0, 0.1) is 0 Å². The molecule has 3 heteroatoms. The van der Waals surface area contributed by atoms with Crippen LogP contribution >= 0.6 is 0 Å². The summed E-state index contributed by atoms with van der Waals surface area (Å²) in [6, 6.07) is -0.254. The van der Waals surface area contributed by atoms with Crippen LogP contribution in [0.4, 0.5) is 0 Å². The fourth-order valence-corrected chi connectivity index (χ4v) is 1.000. The van der Waals surface area contributed by atoms with Gasteiger partial charge in [-0.25, -0.2) is 0 Å². The van der Waals surface area contributed by atoms with Crippen molar-refractivity contribution in [3.63, 3.8) is 0 Å². The van der Waals surface area contributed by atoms with E-state index < -0.39 is 0 Å². The zero-order valence-electron chi connectivity index (χ0n) is 7.88. The maximum atomic E-state index is 10.1. The van der Waals surface area contributed by atoms with Gasteiger partial charge in [-0.2, -0.15) is 0 Å². The molecule has 12 heavy (non-hydrogen) atoms. The van der Waals surface area contributed by atoms with Gasteiger partial charge in [-0.05, 0) is 32.4 Å². The maximum Gasteiger partial charge on any atom is 0.136 e. The van der Waals surface area contributed by atoms with E-state index in [1.54, 1.807) is 0 Å². The highest BCUT2D eigenvalue weighted by Crippen LogP contribution is 1.95. The molecule has 0 aliphatic rings. The van der Waals surface area contributed by atoms with Gasteiger partial charge in [0.15, 0.2) is 0 Å². The van der Waals surface area contributed by atoms with E-state index in [1.807, 2.05) is 0 Å². The van der Waals surface area contributed by atoms with Crippen LogP contribution in [-0.2, 0) is 4.79 Å². The molecule has 3 nitrogen and oxygen atoms in total. The predicted octanol–water partition coefficient (Wildman–Crippen LogP) is 0.682. The molecule has 72 valence electrons. The Balaban J connectivity index is 2.95. The maximum absolute atomic E-state index is 10.1. The Labute approximate surface area is 74.7 Å². The van der Waals surface area contributed by atoms with Crippen LogP contribution in [0.1, 0.15) is 32.6 Å². The van der Waals surface area contributed by atoms with Crippen molar-refractivity contribution in [1.29, 1.82) is 0 Å². The third-order valence-electron chi connectivity index (χ3n) is 1.74. The minimum Gasteiger partial charge on any atom is -0.322 e. The summed E-state index contributed by atoms with van der Waals surface area (Å²) in [4.78, 5) is 10.1. The van der Waals surface area contributed by atoms with E-state index >= 15 is 0 Å². The molecule has 0 amide bonds. The van der Waals surface area contributed by atoms with Crippen LogP contribution < -0.4 is 11.1 Å². The van der Waals surface area contributed by atoms with Crippen molar-refractivity contribution in [2.75, 3.05) is 13.1 Å². The fourth-order valence-electron chi connectivity index (χ4n) is 1.000. The zero-order chi connectivity index (χ0) is 9.23. The van der Waals surface area contributed by atoms with Gasteiger partial charge in [0.1, 0.15) is 6.29 Å². The van der Waals surface area contributed by atoms with Crippen molar-refractivity contribution in [2.45, 2.75) is 38.6 Å². The SMILES string of the molecule is CCCNCCCCC(N)C=O. The summed E-state index contributed by atoms with van der Waals surface area (Å²) in [5.41, 5.74) is 5.43. The van der Waals surface area contributed by atoms with Gasteiger partial charge in [0.2, 0.25) is 0 Å². The molecule has 0 rings (SSSR count). The van der Waals surface area contributed by atoms with E-state index in [2.05, 4.69) is 12.2 Å². The van der Waals surface area contributed by atoms with Crippen LogP contribution in [0.15, 0.2) is 0 Å². The molecule has 0 aromatic heterocycles. The van der Waals surface area contributed by atoms with Gasteiger partial charge in [0, 0.05) is 0 Å². The molecule has 0 bridgehead atoms. The largest absolute Gasteiger partial charge is 0.322 e. The Bertz CT molecular complexity index is 107. The second-order valence-corrected chi connectivity index (χ2v) is 3.05. The number of unbranched alkanes of at least 4 members (excludes halogenated alkanes) is 1. The lowest BCUT2D eigenvalue weighted by Gasteiger charge is -2.04. The Kier molecular flexibility index (Phi) is 8.39. The van der Waals surface area contributed by atoms with Crippen molar-refractivity contribution < 1.29 is 4.79 Å². The van der Waals surface area contributed by atoms with E-state index in [4.69, 9.17) is 5.73 Å². The highest BCUT2D eigenvalue weighted by molar-refractivity contribution is 5.56. The summed E-state index contributed by atoms with van der Waals surface area (Å²) < 4.78 is 0. The lowest BCUT2D eigenvalue weighted by molar-refractivity contribution is -0.109. The minimum atomic E-state index is -0.254. The molecule has 0 saturated heterocycles. The Hall–Kier alpha value is -0.410. The molecule has 0 fully saturated rings. The topological polar surface area (TPSA) is 55.1 Å². The number of hydrogen-bond acceptors (Lipinski definition) is 3. The molecular weight excluding hydrogens is 152 g/mol. The number of hydrogen-bond donors (Lipinski definition) is 2. The van der Waals surface area contributed by atoms with E-state index in [0.717, 1.165) is 38.6 Å². The van der Waals surface area contributed by atoms with Crippen molar-refractivity contribution >= 4 is 6.29 Å². The second-order valence-electron chi connectivity index (χ2n) is 3.05. The lowest BCUT2D eigenvalue weighted by Crippen LogP contribution is -2.22. The summed E-state index contributed by atoms with van der Waals surface area (Å²) in [6.45, 7) is 4.27. The molecule has 0 spiro atoms. The summed E-state index contributed by atoms with van der Waals surface area (Å²) in [5.74, 6) is 0. The molecule has 0 aliphatic heterocycles. The highest BCUT2D eigenvalue weighted by Gasteiger charge is 1.97. The van der Waals surface area contributed by atoms with Gasteiger partial charge in [0.25, 0.3) is 0 Å². The monoisotopic (exact) mass is 172 g/mol. The third kappa shape index (κ3) is 7.69. The Morgan fingerprint density at radius 3 is 2.75 bits per heavy atom. The lowest BCUT2D eigenvalue weighted by atomic mass is 10.1. The van der Waals surface area contributed by atoms with Crippen LogP contribution in [0.2, 0.25) is 0 Å². The van der Waals surface area contributed by atoms with E-state index in [1.165, 1.54) is 6.42 Å². The van der Waals surface area contributed by atoms with Crippen LogP contribution in [0.25, 0.3) is 0 Å². The first-order valence-corrected chi connectivity index (χ1v) is 4.72. The first-order chi connectivity index (χ1) is 5.81. The average Bonchev–Trinajstić information content (AvgIpc) is 2.10. The van der Waals surface area contributed by atoms with Gasteiger partial charge < -0.3 is 15.8 Å². The van der Waals surface area contributed by atoms with Gasteiger partial charge in [-0.1, -0.05) is 13.3 Å². The molecular formula is C9H20N2O. The number of rotatable bonds is 8. The zero-order valence-corrected chi connectivity index (χ0v) is 7.88. The third-order valence-corrected chi connectivity index (χ3v) is 1.74. The van der Waals surface area contributed by atoms with Crippen molar-refractivity contribution in [2.24, 2.45) is 5.73 Å². The molecule has 0 saturated carbocycles. The van der Waals surface area contributed by atoms with Crippen LogP contribution in [-0.4, -0.2) is 25.4 Å². The number of nitrogens with one attached hydrogen (secondary N) is 1. The molecule has 0 radical (unpaired) electrons. The fraction of sp³-hybridized carbons (Fsp3) is 0.889.